The van der Waals surface area contributed by atoms with E-state index >= 15 is 0 Å². The molecule has 140 valence electrons. The summed E-state index contributed by atoms with van der Waals surface area (Å²) in [5.41, 5.74) is -0.471. The number of nitrogens with two attached hydrogens (primary N) is 1. The molecule has 3 nitrogen and oxygen atoms in total. The minimum Gasteiger partial charge on any atom is -0.225 e. The monoisotopic (exact) mass is 395 g/mol. The van der Waals surface area contributed by atoms with Crippen molar-refractivity contribution in [2.45, 2.75) is 11.8 Å². The molecule has 0 amide bonds. The minimum absolute atomic E-state index is 0.0182. The van der Waals surface area contributed by atoms with Crippen molar-refractivity contribution < 1.29 is 26.0 Å². The lowest BCUT2D eigenvalue weighted by Crippen LogP contribution is -2.13. The van der Waals surface area contributed by atoms with Gasteiger partial charge in [0.25, 0.3) is 0 Å². The second-order valence-corrected chi connectivity index (χ2v) is 7.45. The molecule has 0 unspecified atom stereocenters. The summed E-state index contributed by atoms with van der Waals surface area (Å²) < 4.78 is 79.5. The van der Waals surface area contributed by atoms with E-state index in [0.717, 1.165) is 24.3 Å². The molecule has 0 saturated heterocycles. The molecule has 0 saturated carbocycles. The first-order valence-corrected chi connectivity index (χ1v) is 9.21. The van der Waals surface area contributed by atoms with Crippen molar-refractivity contribution >= 4 is 10.0 Å². The van der Waals surface area contributed by atoms with Crippen molar-refractivity contribution in [1.82, 2.24) is 0 Å². The summed E-state index contributed by atoms with van der Waals surface area (Å²) in [5.74, 6) is -4.24. The molecule has 0 radical (unpaired) electrons. The maximum absolute atomic E-state index is 14.0. The van der Waals surface area contributed by atoms with E-state index < -0.39 is 33.3 Å². The first-order valence-electron chi connectivity index (χ1n) is 7.67. The van der Waals surface area contributed by atoms with Crippen LogP contribution in [-0.4, -0.2) is 8.42 Å². The average molecular weight is 395 g/mol. The van der Waals surface area contributed by atoms with Crippen LogP contribution in [-0.2, 0) is 10.0 Å². The molecule has 0 heterocycles. The number of hydrogen-bond acceptors (Lipinski definition) is 2. The lowest BCUT2D eigenvalue weighted by Gasteiger charge is -2.15. The Balaban J connectivity index is 2.39. The molecule has 3 aromatic rings. The fraction of sp³-hybridized carbons (Fsp3) is 0.0526. The highest BCUT2D eigenvalue weighted by Gasteiger charge is 2.21. The van der Waals surface area contributed by atoms with Gasteiger partial charge in [0.2, 0.25) is 10.0 Å². The van der Waals surface area contributed by atoms with E-state index in [2.05, 4.69) is 0 Å². The van der Waals surface area contributed by atoms with Crippen molar-refractivity contribution in [3.05, 3.63) is 77.4 Å². The van der Waals surface area contributed by atoms with E-state index in [1.807, 2.05) is 0 Å². The summed E-state index contributed by atoms with van der Waals surface area (Å²) in [5, 5.41) is 5.20. The second-order valence-electron chi connectivity index (χ2n) is 5.92. The van der Waals surface area contributed by atoms with Crippen molar-refractivity contribution in [3.8, 4) is 22.3 Å². The van der Waals surface area contributed by atoms with Gasteiger partial charge in [0, 0.05) is 11.1 Å². The third-order valence-corrected chi connectivity index (χ3v) is 5.11. The Kier molecular flexibility index (Phi) is 4.79. The summed E-state index contributed by atoms with van der Waals surface area (Å²) in [6.07, 6.45) is 0. The fourth-order valence-electron chi connectivity index (χ4n) is 2.75. The van der Waals surface area contributed by atoms with E-state index in [0.29, 0.717) is 0 Å². The van der Waals surface area contributed by atoms with E-state index in [4.69, 9.17) is 5.14 Å². The molecule has 0 atom stereocenters. The summed E-state index contributed by atoms with van der Waals surface area (Å²) in [4.78, 5) is -0.328. The lowest BCUT2D eigenvalue weighted by atomic mass is 9.93. The molecule has 2 N–H and O–H groups in total. The maximum Gasteiger partial charge on any atom is 0.238 e. The van der Waals surface area contributed by atoms with Crippen LogP contribution in [0, 0.1) is 30.2 Å². The Hall–Kier alpha value is -2.71. The Morgan fingerprint density at radius 1 is 0.741 bits per heavy atom. The molecule has 0 aromatic heterocycles. The number of sulfonamides is 1. The topological polar surface area (TPSA) is 60.2 Å². The zero-order valence-electron chi connectivity index (χ0n) is 13.9. The third-order valence-electron chi connectivity index (χ3n) is 4.14. The van der Waals surface area contributed by atoms with Gasteiger partial charge in [0.05, 0.1) is 4.90 Å². The van der Waals surface area contributed by atoms with Crippen LogP contribution in [0.4, 0.5) is 17.6 Å². The predicted molar refractivity (Wildman–Crippen MR) is 93.3 cm³/mol. The van der Waals surface area contributed by atoms with Crippen LogP contribution >= 0.6 is 0 Å². The molecule has 8 heteroatoms. The maximum atomic E-state index is 14.0. The van der Waals surface area contributed by atoms with Gasteiger partial charge < -0.3 is 0 Å². The zero-order chi connectivity index (χ0) is 19.9. The number of primary sulfonamides is 1. The number of benzene rings is 3. The van der Waals surface area contributed by atoms with Gasteiger partial charge in [0.15, 0.2) is 11.6 Å². The van der Waals surface area contributed by atoms with Crippen LogP contribution in [0.2, 0.25) is 0 Å². The van der Waals surface area contributed by atoms with Crippen molar-refractivity contribution in [2.75, 3.05) is 0 Å². The van der Waals surface area contributed by atoms with Crippen LogP contribution in [0.5, 0.6) is 0 Å². The molecular formula is C19H13F4NO2S. The van der Waals surface area contributed by atoms with E-state index in [-0.39, 0.29) is 32.7 Å². The van der Waals surface area contributed by atoms with Crippen molar-refractivity contribution in [3.63, 3.8) is 0 Å². The highest BCUT2D eigenvalue weighted by atomic mass is 32.2. The van der Waals surface area contributed by atoms with Gasteiger partial charge >= 0.3 is 0 Å². The quantitative estimate of drug-likeness (QED) is 0.663. The summed E-state index contributed by atoms with van der Waals surface area (Å²) >= 11 is 0. The standard InChI is InChI=1S/C19H13F4NO2S/c1-10-15(20)6-11(7-16(10)21)13-8-17(22)18(23)9-14(13)12-4-2-3-5-19(12)27(24,25)26/h2-9H,1H3,(H2,24,25,26). The molecule has 0 spiro atoms. The molecule has 0 aliphatic heterocycles. The molecule has 0 bridgehead atoms. The smallest absolute Gasteiger partial charge is 0.225 e. The molecule has 0 fully saturated rings. The Labute approximate surface area is 153 Å². The van der Waals surface area contributed by atoms with Crippen LogP contribution in [0.15, 0.2) is 53.4 Å². The highest BCUT2D eigenvalue weighted by Crippen LogP contribution is 2.37. The molecule has 0 aliphatic rings. The molecule has 3 rings (SSSR count). The highest BCUT2D eigenvalue weighted by molar-refractivity contribution is 7.89. The average Bonchev–Trinajstić information content (AvgIpc) is 2.60. The predicted octanol–water partition coefficient (Wildman–Crippen LogP) is 4.53. The number of hydrogen-bond donors (Lipinski definition) is 1. The summed E-state index contributed by atoms with van der Waals surface area (Å²) in [6.45, 7) is 1.23. The first kappa shape index (κ1) is 19.1. The SMILES string of the molecule is Cc1c(F)cc(-c2cc(F)c(F)cc2-c2ccccc2S(N)(=O)=O)cc1F. The van der Waals surface area contributed by atoms with Gasteiger partial charge in [0.1, 0.15) is 11.6 Å². The Bertz CT molecular complexity index is 1140. The van der Waals surface area contributed by atoms with Crippen molar-refractivity contribution in [2.24, 2.45) is 5.14 Å². The van der Waals surface area contributed by atoms with Gasteiger partial charge in [-0.25, -0.2) is 31.1 Å². The van der Waals surface area contributed by atoms with Crippen LogP contribution in [0.25, 0.3) is 22.3 Å². The van der Waals surface area contributed by atoms with Crippen LogP contribution in [0.3, 0.4) is 0 Å². The molecule has 27 heavy (non-hydrogen) atoms. The van der Waals surface area contributed by atoms with Gasteiger partial charge in [-0.15, -0.1) is 0 Å². The third kappa shape index (κ3) is 3.58. The number of halogens is 4. The Morgan fingerprint density at radius 3 is 1.81 bits per heavy atom. The molecular weight excluding hydrogens is 382 g/mol. The van der Waals surface area contributed by atoms with Crippen LogP contribution < -0.4 is 5.14 Å². The largest absolute Gasteiger partial charge is 0.238 e. The van der Waals surface area contributed by atoms with Gasteiger partial charge in [-0.05, 0) is 53.9 Å². The second kappa shape index (κ2) is 6.79. The van der Waals surface area contributed by atoms with Gasteiger partial charge in [-0.1, -0.05) is 18.2 Å². The molecule has 3 aromatic carbocycles. The van der Waals surface area contributed by atoms with E-state index in [9.17, 15) is 26.0 Å². The normalized spacial score (nSPS) is 11.6. The summed E-state index contributed by atoms with van der Waals surface area (Å²) in [7, 11) is -4.19. The van der Waals surface area contributed by atoms with Crippen LogP contribution in [0.1, 0.15) is 5.56 Å². The first-order chi connectivity index (χ1) is 12.6. The van der Waals surface area contributed by atoms with E-state index in [1.165, 1.54) is 31.2 Å². The number of rotatable bonds is 3. The zero-order valence-corrected chi connectivity index (χ0v) is 14.7. The Morgan fingerprint density at radius 2 is 1.26 bits per heavy atom. The summed E-state index contributed by atoms with van der Waals surface area (Å²) in [6, 6.07) is 8.89. The van der Waals surface area contributed by atoms with Crippen molar-refractivity contribution in [1.29, 1.82) is 0 Å². The van der Waals surface area contributed by atoms with Gasteiger partial charge in [-0.2, -0.15) is 0 Å². The fourth-order valence-corrected chi connectivity index (χ4v) is 3.50. The van der Waals surface area contributed by atoms with Gasteiger partial charge in [-0.3, -0.25) is 0 Å². The van der Waals surface area contributed by atoms with E-state index in [1.54, 1.807) is 0 Å². The minimum atomic E-state index is -4.19. The lowest BCUT2D eigenvalue weighted by molar-refractivity contribution is 0.509. The molecule has 0 aliphatic carbocycles.